The Morgan fingerprint density at radius 3 is 2.74 bits per heavy atom. The molecule has 1 aliphatic carbocycles. The monoisotopic (exact) mass is 337 g/mol. The lowest BCUT2D eigenvalue weighted by Gasteiger charge is -2.23. The van der Waals surface area contributed by atoms with Gasteiger partial charge in [-0.2, -0.15) is 0 Å². The fraction of sp³-hybridized carbons (Fsp3) is 0.400. The first-order valence-electron chi connectivity index (χ1n) is 6.62. The Bertz CT molecular complexity index is 561. The Labute approximate surface area is 125 Å². The minimum absolute atomic E-state index is 0.0977. The molecular formula is C15H16BrNOS. The van der Waals surface area contributed by atoms with E-state index in [1.165, 1.54) is 11.3 Å². The van der Waals surface area contributed by atoms with Crippen molar-refractivity contribution in [3.05, 3.63) is 39.8 Å². The van der Waals surface area contributed by atoms with E-state index in [0.717, 1.165) is 35.2 Å². The average Bonchev–Trinajstić information content (AvgIpc) is 2.89. The van der Waals surface area contributed by atoms with Crippen molar-refractivity contribution in [1.82, 2.24) is 4.98 Å². The number of benzene rings is 1. The van der Waals surface area contributed by atoms with Crippen LogP contribution >= 0.6 is 27.3 Å². The first kappa shape index (κ1) is 13.3. The number of hydrogen-bond acceptors (Lipinski definition) is 3. The quantitative estimate of drug-likeness (QED) is 0.869. The Morgan fingerprint density at radius 1 is 1.21 bits per heavy atom. The van der Waals surface area contributed by atoms with Gasteiger partial charge in [0.05, 0.1) is 11.8 Å². The van der Waals surface area contributed by atoms with Crippen molar-refractivity contribution in [3.8, 4) is 10.6 Å². The van der Waals surface area contributed by atoms with Crippen LogP contribution in [0.1, 0.15) is 37.3 Å². The number of thiazole rings is 1. The summed E-state index contributed by atoms with van der Waals surface area (Å²) in [5.41, 5.74) is 2.37. The van der Waals surface area contributed by atoms with Gasteiger partial charge < -0.3 is 5.11 Å². The van der Waals surface area contributed by atoms with Gasteiger partial charge in [0, 0.05) is 21.3 Å². The highest BCUT2D eigenvalue weighted by molar-refractivity contribution is 9.10. The largest absolute Gasteiger partial charge is 0.393 e. The van der Waals surface area contributed by atoms with Crippen LogP contribution in [-0.4, -0.2) is 16.2 Å². The van der Waals surface area contributed by atoms with Crippen LogP contribution in [0.15, 0.2) is 34.1 Å². The molecule has 1 N–H and O–H groups in total. The van der Waals surface area contributed by atoms with Crippen LogP contribution in [0.4, 0.5) is 0 Å². The molecular weight excluding hydrogens is 322 g/mol. The second-order valence-corrected chi connectivity index (χ2v) is 6.87. The van der Waals surface area contributed by atoms with Crippen molar-refractivity contribution >= 4 is 27.3 Å². The van der Waals surface area contributed by atoms with E-state index in [1.807, 2.05) is 12.1 Å². The van der Waals surface area contributed by atoms with Gasteiger partial charge in [-0.15, -0.1) is 11.3 Å². The van der Waals surface area contributed by atoms with Gasteiger partial charge in [0.25, 0.3) is 0 Å². The molecule has 2 aromatic rings. The van der Waals surface area contributed by atoms with Crippen LogP contribution in [-0.2, 0) is 0 Å². The Kier molecular flexibility index (Phi) is 4.01. The van der Waals surface area contributed by atoms with Gasteiger partial charge in [-0.25, -0.2) is 4.98 Å². The number of hydrogen-bond donors (Lipinski definition) is 1. The third kappa shape index (κ3) is 3.07. The van der Waals surface area contributed by atoms with Gasteiger partial charge in [-0.1, -0.05) is 28.1 Å². The molecule has 0 unspecified atom stereocenters. The zero-order valence-corrected chi connectivity index (χ0v) is 13.0. The van der Waals surface area contributed by atoms with Crippen LogP contribution in [0.2, 0.25) is 0 Å². The maximum absolute atomic E-state index is 9.56. The number of aliphatic hydroxyl groups excluding tert-OH is 1. The molecule has 0 aliphatic heterocycles. The smallest absolute Gasteiger partial charge is 0.123 e. The van der Waals surface area contributed by atoms with Crippen molar-refractivity contribution in [3.63, 3.8) is 0 Å². The summed E-state index contributed by atoms with van der Waals surface area (Å²) < 4.78 is 1.09. The van der Waals surface area contributed by atoms with Crippen molar-refractivity contribution in [1.29, 1.82) is 0 Å². The average molecular weight is 338 g/mol. The Morgan fingerprint density at radius 2 is 2.00 bits per heavy atom. The van der Waals surface area contributed by atoms with Gasteiger partial charge in [0.1, 0.15) is 5.01 Å². The fourth-order valence-electron chi connectivity index (χ4n) is 2.60. The summed E-state index contributed by atoms with van der Waals surface area (Å²) >= 11 is 5.21. The number of aliphatic hydroxyl groups is 1. The summed E-state index contributed by atoms with van der Waals surface area (Å²) in [6, 6.07) is 8.27. The van der Waals surface area contributed by atoms with E-state index >= 15 is 0 Å². The lowest BCUT2D eigenvalue weighted by Crippen LogP contribution is -2.17. The summed E-state index contributed by atoms with van der Waals surface area (Å²) in [7, 11) is 0. The summed E-state index contributed by atoms with van der Waals surface area (Å²) in [5.74, 6) is 0.528. The van der Waals surface area contributed by atoms with Gasteiger partial charge in [-0.05, 0) is 37.8 Å². The molecule has 0 saturated heterocycles. The molecule has 1 heterocycles. The van der Waals surface area contributed by atoms with Gasteiger partial charge in [-0.3, -0.25) is 0 Å². The molecule has 1 aromatic heterocycles. The van der Waals surface area contributed by atoms with Crippen LogP contribution in [0, 0.1) is 0 Å². The van der Waals surface area contributed by atoms with E-state index in [9.17, 15) is 5.11 Å². The zero-order chi connectivity index (χ0) is 13.2. The molecule has 3 rings (SSSR count). The van der Waals surface area contributed by atoms with Gasteiger partial charge in [0.15, 0.2) is 0 Å². The molecule has 0 amide bonds. The highest BCUT2D eigenvalue weighted by atomic mass is 79.9. The maximum Gasteiger partial charge on any atom is 0.123 e. The van der Waals surface area contributed by atoms with Crippen molar-refractivity contribution in [2.24, 2.45) is 0 Å². The summed E-state index contributed by atoms with van der Waals surface area (Å²) in [4.78, 5) is 4.79. The molecule has 1 aliphatic rings. The molecule has 2 nitrogen and oxygen atoms in total. The molecule has 0 spiro atoms. The molecule has 1 fully saturated rings. The van der Waals surface area contributed by atoms with Gasteiger partial charge in [0.2, 0.25) is 0 Å². The number of nitrogens with zero attached hydrogens (tertiary/aromatic N) is 1. The standard InChI is InChI=1S/C15H16BrNOS/c16-12-3-1-2-11(8-12)15-17-14(9-19-15)10-4-6-13(18)7-5-10/h1-3,8-10,13,18H,4-7H2. The maximum atomic E-state index is 9.56. The second-order valence-electron chi connectivity index (χ2n) is 5.09. The third-order valence-electron chi connectivity index (χ3n) is 3.71. The first-order valence-corrected chi connectivity index (χ1v) is 8.29. The normalized spacial score (nSPS) is 23.5. The molecule has 0 atom stereocenters. The summed E-state index contributed by atoms with van der Waals surface area (Å²) in [6.07, 6.45) is 3.84. The van der Waals surface area contributed by atoms with E-state index < -0.39 is 0 Å². The Balaban J connectivity index is 1.80. The van der Waals surface area contributed by atoms with Crippen molar-refractivity contribution in [2.75, 3.05) is 0 Å². The third-order valence-corrected chi connectivity index (χ3v) is 5.11. The topological polar surface area (TPSA) is 33.1 Å². The number of halogens is 1. The fourth-order valence-corrected chi connectivity index (χ4v) is 3.90. The van der Waals surface area contributed by atoms with Crippen LogP contribution in [0.25, 0.3) is 10.6 Å². The molecule has 19 heavy (non-hydrogen) atoms. The molecule has 100 valence electrons. The number of rotatable bonds is 2. The minimum Gasteiger partial charge on any atom is -0.393 e. The van der Waals surface area contributed by atoms with Crippen LogP contribution in [0.5, 0.6) is 0 Å². The second kappa shape index (κ2) is 5.73. The van der Waals surface area contributed by atoms with E-state index in [1.54, 1.807) is 11.3 Å². The van der Waals surface area contributed by atoms with E-state index in [-0.39, 0.29) is 6.10 Å². The van der Waals surface area contributed by atoms with Crippen molar-refractivity contribution < 1.29 is 5.11 Å². The van der Waals surface area contributed by atoms with Crippen LogP contribution in [0.3, 0.4) is 0 Å². The SMILES string of the molecule is OC1CCC(c2csc(-c3cccc(Br)c3)n2)CC1. The number of aromatic nitrogens is 1. The molecule has 0 radical (unpaired) electrons. The highest BCUT2D eigenvalue weighted by Crippen LogP contribution is 2.35. The van der Waals surface area contributed by atoms with Crippen molar-refractivity contribution in [2.45, 2.75) is 37.7 Å². The predicted molar refractivity (Wildman–Crippen MR) is 82.5 cm³/mol. The highest BCUT2D eigenvalue weighted by Gasteiger charge is 2.22. The Hall–Kier alpha value is -0.710. The van der Waals surface area contributed by atoms with Crippen LogP contribution < -0.4 is 0 Å². The molecule has 1 saturated carbocycles. The molecule has 1 aromatic carbocycles. The zero-order valence-electron chi connectivity index (χ0n) is 10.6. The minimum atomic E-state index is -0.0977. The molecule has 0 bridgehead atoms. The van der Waals surface area contributed by atoms with E-state index in [2.05, 4.69) is 33.4 Å². The van der Waals surface area contributed by atoms with E-state index in [4.69, 9.17) is 4.98 Å². The predicted octanol–water partition coefficient (Wildman–Crippen LogP) is 4.59. The van der Waals surface area contributed by atoms with E-state index in [0.29, 0.717) is 5.92 Å². The molecule has 4 heteroatoms. The lowest BCUT2D eigenvalue weighted by molar-refractivity contribution is 0.122. The van der Waals surface area contributed by atoms with Gasteiger partial charge >= 0.3 is 0 Å². The summed E-state index contributed by atoms with van der Waals surface area (Å²) in [6.45, 7) is 0. The lowest BCUT2D eigenvalue weighted by atomic mass is 9.86. The summed E-state index contributed by atoms with van der Waals surface area (Å²) in [5, 5.41) is 12.8. The first-order chi connectivity index (χ1) is 9.22.